The molecule has 0 bridgehead atoms. The molecule has 3 nitrogen and oxygen atoms in total. The van der Waals surface area contributed by atoms with Crippen molar-refractivity contribution >= 4 is 0 Å². The van der Waals surface area contributed by atoms with E-state index in [0.29, 0.717) is 5.54 Å². The summed E-state index contributed by atoms with van der Waals surface area (Å²) in [6.45, 7) is 3.43. The Bertz CT molecular complexity index is 140. The molecule has 2 heterocycles. The lowest BCUT2D eigenvalue weighted by Gasteiger charge is -2.49. The second kappa shape index (κ2) is 1.94. The standard InChI is InChI=1S/C7H15N3/c1-9-5-7(6-9)3-2-4-10(7)8/h2-6,8H2,1H3. The van der Waals surface area contributed by atoms with Crippen molar-refractivity contribution in [2.75, 3.05) is 26.7 Å². The van der Waals surface area contributed by atoms with Gasteiger partial charge in [0.25, 0.3) is 0 Å². The molecule has 58 valence electrons. The lowest BCUT2D eigenvalue weighted by molar-refractivity contribution is -0.0142. The molecule has 0 aromatic rings. The van der Waals surface area contributed by atoms with Crippen LogP contribution in [0.2, 0.25) is 0 Å². The molecule has 2 saturated heterocycles. The number of rotatable bonds is 0. The van der Waals surface area contributed by atoms with E-state index in [9.17, 15) is 0 Å². The van der Waals surface area contributed by atoms with Gasteiger partial charge in [0.15, 0.2) is 0 Å². The molecule has 0 amide bonds. The average molecular weight is 141 g/mol. The van der Waals surface area contributed by atoms with Gasteiger partial charge in [0.1, 0.15) is 0 Å². The molecule has 0 aliphatic carbocycles. The smallest absolute Gasteiger partial charge is 0.0605 e. The third kappa shape index (κ3) is 0.713. The highest BCUT2D eigenvalue weighted by molar-refractivity contribution is 5.04. The van der Waals surface area contributed by atoms with Crippen LogP contribution in [0, 0.1) is 0 Å². The van der Waals surface area contributed by atoms with Crippen molar-refractivity contribution in [3.05, 3.63) is 0 Å². The van der Waals surface area contributed by atoms with Crippen LogP contribution in [0.5, 0.6) is 0 Å². The molecule has 2 aliphatic heterocycles. The zero-order chi connectivity index (χ0) is 7.19. The minimum atomic E-state index is 0.384. The Kier molecular flexibility index (Phi) is 1.27. The molecule has 2 N–H and O–H groups in total. The van der Waals surface area contributed by atoms with Gasteiger partial charge < -0.3 is 4.90 Å². The van der Waals surface area contributed by atoms with E-state index in [-0.39, 0.29) is 0 Å². The molecule has 0 saturated carbocycles. The molecule has 0 radical (unpaired) electrons. The summed E-state index contributed by atoms with van der Waals surface area (Å²) in [6.07, 6.45) is 2.58. The normalized spacial score (nSPS) is 33.0. The van der Waals surface area contributed by atoms with E-state index in [1.165, 1.54) is 25.9 Å². The maximum absolute atomic E-state index is 5.84. The zero-order valence-electron chi connectivity index (χ0n) is 6.51. The summed E-state index contributed by atoms with van der Waals surface area (Å²) in [5, 5.41) is 2.03. The van der Waals surface area contributed by atoms with Crippen LogP contribution in [0.3, 0.4) is 0 Å². The van der Waals surface area contributed by atoms with E-state index in [2.05, 4.69) is 11.9 Å². The number of nitrogens with two attached hydrogens (primary N) is 1. The predicted molar refractivity (Wildman–Crippen MR) is 40.4 cm³/mol. The number of hydrogen-bond acceptors (Lipinski definition) is 3. The summed E-state index contributed by atoms with van der Waals surface area (Å²) in [6, 6.07) is 0. The Morgan fingerprint density at radius 3 is 2.50 bits per heavy atom. The van der Waals surface area contributed by atoms with E-state index >= 15 is 0 Å². The molecule has 1 spiro atoms. The Hall–Kier alpha value is -0.120. The van der Waals surface area contributed by atoms with Gasteiger partial charge in [-0.3, -0.25) is 5.84 Å². The number of hydrogen-bond donors (Lipinski definition) is 1. The van der Waals surface area contributed by atoms with Crippen LogP contribution in [0.1, 0.15) is 12.8 Å². The van der Waals surface area contributed by atoms with Crippen molar-refractivity contribution in [1.82, 2.24) is 9.91 Å². The Morgan fingerprint density at radius 1 is 1.40 bits per heavy atom. The van der Waals surface area contributed by atoms with Crippen LogP contribution < -0.4 is 5.84 Å². The van der Waals surface area contributed by atoms with Gasteiger partial charge in [0.05, 0.1) is 5.54 Å². The van der Waals surface area contributed by atoms with Crippen LogP contribution in [0.25, 0.3) is 0 Å². The molecule has 2 fully saturated rings. The van der Waals surface area contributed by atoms with Crippen molar-refractivity contribution in [1.29, 1.82) is 0 Å². The molecule has 0 atom stereocenters. The Balaban J connectivity index is 2.03. The highest BCUT2D eigenvalue weighted by Crippen LogP contribution is 2.33. The van der Waals surface area contributed by atoms with Crippen molar-refractivity contribution < 1.29 is 0 Å². The monoisotopic (exact) mass is 141 g/mol. The highest BCUT2D eigenvalue weighted by atomic mass is 15.5. The summed E-state index contributed by atoms with van der Waals surface area (Å²) in [5.41, 5.74) is 0.384. The molecule has 10 heavy (non-hydrogen) atoms. The second-order valence-electron chi connectivity index (χ2n) is 3.69. The van der Waals surface area contributed by atoms with E-state index in [0.717, 1.165) is 6.54 Å². The first-order valence-corrected chi connectivity index (χ1v) is 3.94. The van der Waals surface area contributed by atoms with Gasteiger partial charge in [0, 0.05) is 19.6 Å². The molecule has 0 unspecified atom stereocenters. The quantitative estimate of drug-likeness (QED) is 0.468. The van der Waals surface area contributed by atoms with Gasteiger partial charge in [-0.25, -0.2) is 5.01 Å². The van der Waals surface area contributed by atoms with Crippen LogP contribution >= 0.6 is 0 Å². The maximum Gasteiger partial charge on any atom is 0.0605 e. The summed E-state index contributed by atoms with van der Waals surface area (Å²) in [7, 11) is 2.15. The first-order chi connectivity index (χ1) is 4.73. The van der Waals surface area contributed by atoms with Gasteiger partial charge in [-0.05, 0) is 19.9 Å². The molecule has 2 rings (SSSR count). The Morgan fingerprint density at radius 2 is 2.10 bits per heavy atom. The predicted octanol–water partition coefficient (Wildman–Crippen LogP) is -0.360. The topological polar surface area (TPSA) is 32.5 Å². The summed E-state index contributed by atoms with van der Waals surface area (Å²) < 4.78 is 0. The molecule has 2 aliphatic rings. The zero-order valence-corrected chi connectivity index (χ0v) is 6.51. The second-order valence-corrected chi connectivity index (χ2v) is 3.69. The van der Waals surface area contributed by atoms with Crippen LogP contribution in [-0.4, -0.2) is 42.1 Å². The van der Waals surface area contributed by atoms with E-state index < -0.39 is 0 Å². The summed E-state index contributed by atoms with van der Waals surface area (Å²) >= 11 is 0. The van der Waals surface area contributed by atoms with Crippen LogP contribution in [0.4, 0.5) is 0 Å². The van der Waals surface area contributed by atoms with Crippen molar-refractivity contribution in [2.24, 2.45) is 5.84 Å². The number of hydrazine groups is 1. The molecule has 3 heteroatoms. The fraction of sp³-hybridized carbons (Fsp3) is 1.00. The third-order valence-electron chi connectivity index (χ3n) is 2.78. The van der Waals surface area contributed by atoms with Gasteiger partial charge in [0.2, 0.25) is 0 Å². The van der Waals surface area contributed by atoms with Crippen molar-refractivity contribution in [3.8, 4) is 0 Å². The Labute approximate surface area is 61.7 Å². The van der Waals surface area contributed by atoms with Gasteiger partial charge >= 0.3 is 0 Å². The summed E-state index contributed by atoms with van der Waals surface area (Å²) in [4.78, 5) is 2.32. The van der Waals surface area contributed by atoms with E-state index in [1.54, 1.807) is 0 Å². The average Bonchev–Trinajstić information content (AvgIpc) is 2.12. The van der Waals surface area contributed by atoms with Crippen LogP contribution in [0.15, 0.2) is 0 Å². The van der Waals surface area contributed by atoms with Gasteiger partial charge in [-0.1, -0.05) is 0 Å². The van der Waals surface area contributed by atoms with Crippen molar-refractivity contribution in [2.45, 2.75) is 18.4 Å². The fourth-order valence-electron chi connectivity index (χ4n) is 2.26. The first kappa shape index (κ1) is 6.58. The highest BCUT2D eigenvalue weighted by Gasteiger charge is 2.47. The molecular formula is C7H15N3. The lowest BCUT2D eigenvalue weighted by Crippen LogP contribution is -2.68. The minimum absolute atomic E-state index is 0.384. The van der Waals surface area contributed by atoms with Crippen LogP contribution in [-0.2, 0) is 0 Å². The van der Waals surface area contributed by atoms with Gasteiger partial charge in [-0.2, -0.15) is 0 Å². The van der Waals surface area contributed by atoms with E-state index in [4.69, 9.17) is 5.84 Å². The van der Waals surface area contributed by atoms with E-state index in [1.807, 2.05) is 5.01 Å². The minimum Gasteiger partial charge on any atom is -0.302 e. The largest absolute Gasteiger partial charge is 0.302 e. The molecule has 0 aromatic carbocycles. The SMILES string of the molecule is CN1CC2(CCCN2N)C1. The first-order valence-electron chi connectivity index (χ1n) is 3.94. The molecular weight excluding hydrogens is 126 g/mol. The lowest BCUT2D eigenvalue weighted by atomic mass is 9.89. The number of nitrogens with zero attached hydrogens (tertiary/aromatic N) is 2. The third-order valence-corrected chi connectivity index (χ3v) is 2.78. The van der Waals surface area contributed by atoms with Crippen molar-refractivity contribution in [3.63, 3.8) is 0 Å². The van der Waals surface area contributed by atoms with Gasteiger partial charge in [-0.15, -0.1) is 0 Å². The maximum atomic E-state index is 5.84. The number of likely N-dealkylation sites (N-methyl/N-ethyl adjacent to an activating group) is 1. The summed E-state index contributed by atoms with van der Waals surface area (Å²) in [5.74, 6) is 5.84. The number of likely N-dealkylation sites (tertiary alicyclic amines) is 1. The molecule has 0 aromatic heterocycles. The fourth-order valence-corrected chi connectivity index (χ4v) is 2.26.